The Morgan fingerprint density at radius 2 is 2.06 bits per heavy atom. The molecule has 0 saturated heterocycles. The van der Waals surface area contributed by atoms with Gasteiger partial charge in [0.2, 0.25) is 0 Å². The van der Waals surface area contributed by atoms with E-state index in [4.69, 9.17) is 0 Å². The molecule has 0 bridgehead atoms. The Kier molecular flexibility index (Phi) is 3.62. The van der Waals surface area contributed by atoms with Crippen molar-refractivity contribution in [1.82, 2.24) is 20.6 Å². The van der Waals surface area contributed by atoms with Gasteiger partial charge in [0.15, 0.2) is 0 Å². The smallest absolute Gasteiger partial charge is 0.315 e. The van der Waals surface area contributed by atoms with Crippen molar-refractivity contribution in [3.63, 3.8) is 0 Å². The normalized spacial score (nSPS) is 11.9. The van der Waals surface area contributed by atoms with E-state index in [1.165, 1.54) is 0 Å². The van der Waals surface area contributed by atoms with Crippen LogP contribution in [0.15, 0.2) is 36.5 Å². The molecule has 2 aromatic rings. The second kappa shape index (κ2) is 5.35. The van der Waals surface area contributed by atoms with Crippen LogP contribution in [-0.4, -0.2) is 23.0 Å². The first kappa shape index (κ1) is 12.2. The molecule has 0 saturated carbocycles. The van der Waals surface area contributed by atoms with E-state index in [1.807, 2.05) is 37.3 Å². The summed E-state index contributed by atoms with van der Waals surface area (Å²) < 4.78 is 0. The first-order valence-corrected chi connectivity index (χ1v) is 5.79. The van der Waals surface area contributed by atoms with E-state index in [0.717, 1.165) is 17.1 Å². The molecule has 0 radical (unpaired) electrons. The average Bonchev–Trinajstić information content (AvgIpc) is 2.89. The summed E-state index contributed by atoms with van der Waals surface area (Å²) >= 11 is 0. The van der Waals surface area contributed by atoms with E-state index in [0.29, 0.717) is 0 Å². The number of aromatic nitrogens is 2. The molecular formula is C13H16N4O. The third-order valence-electron chi connectivity index (χ3n) is 2.67. The van der Waals surface area contributed by atoms with Gasteiger partial charge in [0.05, 0.1) is 17.9 Å². The van der Waals surface area contributed by atoms with Gasteiger partial charge in [-0.05, 0) is 12.5 Å². The van der Waals surface area contributed by atoms with Crippen molar-refractivity contribution in [1.29, 1.82) is 0 Å². The number of H-pyrrole nitrogens is 1. The Bertz CT molecular complexity index is 521. The van der Waals surface area contributed by atoms with Crippen molar-refractivity contribution in [2.75, 3.05) is 7.05 Å². The topological polar surface area (TPSA) is 69.8 Å². The summed E-state index contributed by atoms with van der Waals surface area (Å²) in [6, 6.07) is 9.55. The minimum Gasteiger partial charge on any atom is -0.341 e. The van der Waals surface area contributed by atoms with Gasteiger partial charge in [0.1, 0.15) is 5.82 Å². The van der Waals surface area contributed by atoms with E-state index >= 15 is 0 Å². The molecule has 94 valence electrons. The van der Waals surface area contributed by atoms with Gasteiger partial charge in [-0.15, -0.1) is 0 Å². The van der Waals surface area contributed by atoms with Crippen molar-refractivity contribution < 1.29 is 4.79 Å². The highest BCUT2D eigenvalue weighted by molar-refractivity contribution is 5.73. The van der Waals surface area contributed by atoms with Crippen LogP contribution in [0, 0.1) is 0 Å². The summed E-state index contributed by atoms with van der Waals surface area (Å²) in [7, 11) is 1.58. The van der Waals surface area contributed by atoms with Gasteiger partial charge in [-0.3, -0.25) is 0 Å². The van der Waals surface area contributed by atoms with Crippen molar-refractivity contribution in [2.45, 2.75) is 13.0 Å². The number of aromatic amines is 1. The summed E-state index contributed by atoms with van der Waals surface area (Å²) in [4.78, 5) is 18.7. The van der Waals surface area contributed by atoms with Crippen LogP contribution in [-0.2, 0) is 0 Å². The summed E-state index contributed by atoms with van der Waals surface area (Å²) in [5.41, 5.74) is 2.01. The van der Waals surface area contributed by atoms with Crippen LogP contribution >= 0.6 is 0 Å². The fourth-order valence-corrected chi connectivity index (χ4v) is 1.66. The lowest BCUT2D eigenvalue weighted by atomic mass is 10.2. The van der Waals surface area contributed by atoms with Crippen LogP contribution < -0.4 is 10.6 Å². The van der Waals surface area contributed by atoms with Crippen LogP contribution in [0.2, 0.25) is 0 Å². The zero-order valence-electron chi connectivity index (χ0n) is 10.4. The maximum Gasteiger partial charge on any atom is 0.315 e. The number of amides is 2. The van der Waals surface area contributed by atoms with Gasteiger partial charge >= 0.3 is 6.03 Å². The Labute approximate surface area is 106 Å². The number of nitrogens with zero attached hydrogens (tertiary/aromatic N) is 1. The molecule has 2 rings (SSSR count). The Morgan fingerprint density at radius 3 is 2.72 bits per heavy atom. The SMILES string of the molecule is CNC(=O)N[C@H](C)c1ncc(-c2ccccc2)[nH]1. The monoisotopic (exact) mass is 244 g/mol. The highest BCUT2D eigenvalue weighted by atomic mass is 16.2. The zero-order chi connectivity index (χ0) is 13.0. The van der Waals surface area contributed by atoms with Crippen molar-refractivity contribution in [3.8, 4) is 11.3 Å². The number of benzene rings is 1. The molecule has 18 heavy (non-hydrogen) atoms. The third kappa shape index (κ3) is 2.68. The average molecular weight is 244 g/mol. The predicted molar refractivity (Wildman–Crippen MR) is 70.0 cm³/mol. The number of carbonyl (C=O) groups is 1. The molecule has 5 nitrogen and oxygen atoms in total. The van der Waals surface area contributed by atoms with Crippen molar-refractivity contribution in [3.05, 3.63) is 42.4 Å². The molecule has 3 N–H and O–H groups in total. The van der Waals surface area contributed by atoms with Gasteiger partial charge < -0.3 is 15.6 Å². The van der Waals surface area contributed by atoms with E-state index in [2.05, 4.69) is 20.6 Å². The molecule has 0 unspecified atom stereocenters. The first-order valence-electron chi connectivity index (χ1n) is 5.79. The van der Waals surface area contributed by atoms with Crippen LogP contribution in [0.5, 0.6) is 0 Å². The number of nitrogens with one attached hydrogen (secondary N) is 3. The molecule has 1 atom stereocenters. The van der Waals surface area contributed by atoms with Crippen molar-refractivity contribution >= 4 is 6.03 Å². The fourth-order valence-electron chi connectivity index (χ4n) is 1.66. The molecule has 0 aliphatic rings. The number of rotatable bonds is 3. The highest BCUT2D eigenvalue weighted by Gasteiger charge is 2.12. The summed E-state index contributed by atoms with van der Waals surface area (Å²) in [6.07, 6.45) is 1.77. The van der Waals surface area contributed by atoms with E-state index in [-0.39, 0.29) is 12.1 Å². The molecule has 2 amide bonds. The van der Waals surface area contributed by atoms with Gasteiger partial charge in [-0.25, -0.2) is 9.78 Å². The van der Waals surface area contributed by atoms with Crippen LogP contribution in [0.3, 0.4) is 0 Å². The summed E-state index contributed by atoms with van der Waals surface area (Å²) in [5, 5.41) is 5.28. The van der Waals surface area contributed by atoms with Gasteiger partial charge in [-0.2, -0.15) is 0 Å². The number of urea groups is 1. The molecule has 0 aliphatic heterocycles. The number of hydrogen-bond acceptors (Lipinski definition) is 2. The lowest BCUT2D eigenvalue weighted by Crippen LogP contribution is -2.34. The quantitative estimate of drug-likeness (QED) is 0.773. The summed E-state index contributed by atoms with van der Waals surface area (Å²) in [5.74, 6) is 0.734. The molecule has 1 aromatic carbocycles. The second-order valence-corrected chi connectivity index (χ2v) is 3.99. The molecule has 1 heterocycles. The van der Waals surface area contributed by atoms with Crippen molar-refractivity contribution in [2.24, 2.45) is 0 Å². The van der Waals surface area contributed by atoms with E-state index < -0.39 is 0 Å². The van der Waals surface area contributed by atoms with E-state index in [9.17, 15) is 4.79 Å². The maximum atomic E-state index is 11.2. The van der Waals surface area contributed by atoms with Crippen LogP contribution in [0.4, 0.5) is 4.79 Å². The van der Waals surface area contributed by atoms with Gasteiger partial charge in [0, 0.05) is 7.05 Å². The van der Waals surface area contributed by atoms with E-state index in [1.54, 1.807) is 13.2 Å². The lowest BCUT2D eigenvalue weighted by Gasteiger charge is -2.10. The Balaban J connectivity index is 2.13. The van der Waals surface area contributed by atoms with Crippen LogP contribution in [0.1, 0.15) is 18.8 Å². The standard InChI is InChI=1S/C13H16N4O/c1-9(16-13(18)14-2)12-15-8-11(17-12)10-6-4-3-5-7-10/h3-9H,1-2H3,(H,15,17)(H2,14,16,18)/t9-/m1/s1. The van der Waals surface area contributed by atoms with Crippen LogP contribution in [0.25, 0.3) is 11.3 Å². The number of hydrogen-bond donors (Lipinski definition) is 3. The molecular weight excluding hydrogens is 228 g/mol. The number of carbonyl (C=O) groups excluding carboxylic acids is 1. The minimum atomic E-state index is -0.222. The third-order valence-corrected chi connectivity index (χ3v) is 2.67. The molecule has 0 spiro atoms. The molecule has 0 aliphatic carbocycles. The Morgan fingerprint density at radius 1 is 1.33 bits per heavy atom. The highest BCUT2D eigenvalue weighted by Crippen LogP contribution is 2.18. The van der Waals surface area contributed by atoms with Gasteiger partial charge in [0.25, 0.3) is 0 Å². The predicted octanol–water partition coefficient (Wildman–Crippen LogP) is 2.07. The Hall–Kier alpha value is -2.30. The zero-order valence-corrected chi connectivity index (χ0v) is 10.4. The summed E-state index contributed by atoms with van der Waals surface area (Å²) in [6.45, 7) is 1.88. The largest absolute Gasteiger partial charge is 0.341 e. The maximum absolute atomic E-state index is 11.2. The lowest BCUT2D eigenvalue weighted by molar-refractivity contribution is 0.239. The minimum absolute atomic E-state index is 0.164. The number of imidazole rings is 1. The second-order valence-electron chi connectivity index (χ2n) is 3.99. The fraction of sp³-hybridized carbons (Fsp3) is 0.231. The van der Waals surface area contributed by atoms with Gasteiger partial charge in [-0.1, -0.05) is 30.3 Å². The molecule has 1 aromatic heterocycles. The molecule has 0 fully saturated rings. The molecule has 5 heteroatoms. The first-order chi connectivity index (χ1) is 8.70.